The third-order valence-electron chi connectivity index (χ3n) is 20.2. The Kier molecular flexibility index (Phi) is 42.9. The lowest BCUT2D eigenvalue weighted by molar-refractivity contribution is -0.393. The van der Waals surface area contributed by atoms with Crippen LogP contribution in [-0.2, 0) is 61.8 Å². The minimum absolute atomic E-state index is 0.176. The lowest BCUT2D eigenvalue weighted by Crippen LogP contribution is -2.70. The third-order valence-corrected chi connectivity index (χ3v) is 20.2. The van der Waals surface area contributed by atoms with Gasteiger partial charge >= 0.3 is 5.97 Å². The summed E-state index contributed by atoms with van der Waals surface area (Å²) in [5.74, 6) is -6.50. The van der Waals surface area contributed by atoms with Gasteiger partial charge in [-0.15, -0.1) is 0 Å². The number of nitrogens with one attached hydrogen (secondary N) is 2. The maximum Gasteiger partial charge on any atom is 0.364 e. The van der Waals surface area contributed by atoms with Crippen molar-refractivity contribution in [3.05, 3.63) is 12.2 Å². The molecule has 0 aromatic heterocycles. The minimum Gasteiger partial charge on any atom is -0.477 e. The molecular weight excluding hydrogens is 1380 g/mol. The number of hydrogen-bond donors (Lipinski definition) is 20. The molecule has 5 saturated heterocycles. The molecule has 0 bridgehead atoms. The average molecular weight is 1510 g/mol. The van der Waals surface area contributed by atoms with Crippen LogP contribution in [0.15, 0.2) is 12.2 Å². The van der Waals surface area contributed by atoms with E-state index in [0.29, 0.717) is 12.8 Å². The zero-order chi connectivity index (χ0) is 76.5. The van der Waals surface area contributed by atoms with Gasteiger partial charge in [-0.25, -0.2) is 4.79 Å². The normalized spacial score (nSPS) is 35.3. The Balaban J connectivity index is 1.24. The largest absolute Gasteiger partial charge is 0.477 e. The molecule has 0 aliphatic carbocycles. The Morgan fingerprint density at radius 3 is 1.40 bits per heavy atom. The standard InChI is InChI=1S/C71H128N2O31/c1-4-6-8-10-12-14-16-18-19-21-23-25-27-29-31-33-50(83)73-42(43(80)32-30-28-26-24-22-20-17-15-13-11-9-7-5-2)40-95-67-58(90)57(89)62(49(39-78)99-67)101-68-59(91)63(54(86)46(36-75)96-68)102-66-51(72-41(3)79)56(88)61(48(38-77)98-66)100-69-60(92)65(55(87)47(37-76)97-69)104-71(70(93)94)34-44(81)52(84)64(103-71)53(85)45(82)35-74/h30,32,42-49,51-69,74-78,80-82,84-92H,4-29,31,33-40H2,1-3H3,(H,72,79)(H,73,83)(H,93,94)/b32-30+/t42-,43+,44?,45+,46?,47?,48?,49?,51?,52+,53+,54-,55-,56+,57+,58?,59?,60?,61+,62+,63-,64?,65-,66-,67+,68-,69-,71-/m0/s1. The van der Waals surface area contributed by atoms with Gasteiger partial charge < -0.3 is 150 Å². The Morgan fingerprint density at radius 1 is 0.500 bits per heavy atom. The number of carboxylic acid groups (broad SMARTS) is 1. The van der Waals surface area contributed by atoms with E-state index in [1.165, 1.54) is 109 Å². The van der Waals surface area contributed by atoms with E-state index in [0.717, 1.165) is 58.3 Å². The Bertz CT molecular complexity index is 2380. The van der Waals surface area contributed by atoms with Gasteiger partial charge in [0.05, 0.1) is 57.9 Å². The number of aliphatic hydroxyl groups excluding tert-OH is 17. The smallest absolute Gasteiger partial charge is 0.364 e. The molecule has 0 spiro atoms. The Morgan fingerprint density at radius 2 is 0.933 bits per heavy atom. The maximum absolute atomic E-state index is 13.5. The van der Waals surface area contributed by atoms with E-state index in [-0.39, 0.29) is 12.3 Å². The molecule has 33 heteroatoms. The number of rotatable bonds is 51. The highest BCUT2D eigenvalue weighted by Crippen LogP contribution is 2.40. The molecule has 0 aromatic carbocycles. The van der Waals surface area contributed by atoms with Crippen molar-refractivity contribution >= 4 is 17.8 Å². The molecule has 33 nitrogen and oxygen atoms in total. The second-order valence-corrected chi connectivity index (χ2v) is 28.5. The van der Waals surface area contributed by atoms with Gasteiger partial charge in [0.15, 0.2) is 25.2 Å². The van der Waals surface area contributed by atoms with Crippen molar-refractivity contribution in [3.63, 3.8) is 0 Å². The number of carbonyl (C=O) groups is 3. The molecular formula is C71H128N2O31. The summed E-state index contributed by atoms with van der Waals surface area (Å²) in [5.41, 5.74) is 0. The molecule has 5 heterocycles. The van der Waals surface area contributed by atoms with Crippen molar-refractivity contribution in [1.82, 2.24) is 10.6 Å². The Labute approximate surface area is 610 Å². The van der Waals surface area contributed by atoms with Gasteiger partial charge in [0.1, 0.15) is 122 Å². The van der Waals surface area contributed by atoms with Crippen LogP contribution in [0, 0.1) is 0 Å². The highest BCUT2D eigenvalue weighted by molar-refractivity contribution is 5.76. The van der Waals surface area contributed by atoms with Crippen LogP contribution in [0.1, 0.15) is 207 Å². The van der Waals surface area contributed by atoms with Gasteiger partial charge in [-0.3, -0.25) is 9.59 Å². The summed E-state index contributed by atoms with van der Waals surface area (Å²) >= 11 is 0. The third kappa shape index (κ3) is 27.8. The molecule has 28 atom stereocenters. The number of ether oxygens (including phenoxy) is 10. The molecule has 608 valence electrons. The van der Waals surface area contributed by atoms with E-state index < -0.39 is 229 Å². The van der Waals surface area contributed by atoms with Crippen LogP contribution >= 0.6 is 0 Å². The second-order valence-electron chi connectivity index (χ2n) is 28.5. The molecule has 5 aliphatic heterocycles. The lowest BCUT2D eigenvalue weighted by atomic mass is 9.90. The fourth-order valence-corrected chi connectivity index (χ4v) is 13.9. The van der Waals surface area contributed by atoms with Crippen LogP contribution in [0.25, 0.3) is 0 Å². The lowest BCUT2D eigenvalue weighted by Gasteiger charge is -2.51. The summed E-state index contributed by atoms with van der Waals surface area (Å²) in [6, 6.07) is -2.93. The maximum atomic E-state index is 13.5. The summed E-state index contributed by atoms with van der Waals surface area (Å²) in [6.45, 7) is -0.332. The number of carboxylic acids is 1. The molecule has 5 rings (SSSR count). The summed E-state index contributed by atoms with van der Waals surface area (Å²) in [6.07, 6.45) is -16.7. The minimum atomic E-state index is -3.19. The van der Waals surface area contributed by atoms with Crippen molar-refractivity contribution in [2.75, 3.05) is 39.6 Å². The number of amides is 2. The molecule has 10 unspecified atom stereocenters. The first-order chi connectivity index (χ1) is 49.9. The van der Waals surface area contributed by atoms with Gasteiger partial charge in [0.25, 0.3) is 5.79 Å². The first-order valence-corrected chi connectivity index (χ1v) is 38.1. The molecule has 2 amide bonds. The van der Waals surface area contributed by atoms with E-state index in [9.17, 15) is 106 Å². The summed E-state index contributed by atoms with van der Waals surface area (Å²) < 4.78 is 58.3. The zero-order valence-corrected chi connectivity index (χ0v) is 60.8. The van der Waals surface area contributed by atoms with Crippen molar-refractivity contribution in [1.29, 1.82) is 0 Å². The number of unbranched alkanes of at least 4 members (excludes halogenated alkanes) is 25. The van der Waals surface area contributed by atoms with Crippen LogP contribution in [-0.4, -0.2) is 321 Å². The average Bonchev–Trinajstić information content (AvgIpc) is 0.765. The van der Waals surface area contributed by atoms with Gasteiger partial charge in [-0.05, 0) is 19.3 Å². The highest BCUT2D eigenvalue weighted by atomic mass is 16.8. The van der Waals surface area contributed by atoms with Gasteiger partial charge in [-0.1, -0.05) is 180 Å². The summed E-state index contributed by atoms with van der Waals surface area (Å²) in [7, 11) is 0. The van der Waals surface area contributed by atoms with E-state index in [4.69, 9.17) is 47.4 Å². The van der Waals surface area contributed by atoms with Crippen LogP contribution in [0.5, 0.6) is 0 Å². The van der Waals surface area contributed by atoms with Crippen molar-refractivity contribution in [2.24, 2.45) is 0 Å². The number of aliphatic carboxylic acids is 1. The van der Waals surface area contributed by atoms with Gasteiger partial charge in [0, 0.05) is 19.8 Å². The number of hydrogen-bond acceptors (Lipinski definition) is 30. The number of aliphatic hydroxyl groups is 17. The molecule has 0 saturated carbocycles. The molecule has 5 fully saturated rings. The topological polar surface area (TPSA) is 532 Å². The molecule has 0 radical (unpaired) electrons. The molecule has 20 N–H and O–H groups in total. The quantitative estimate of drug-likeness (QED) is 0.0252. The predicted octanol–water partition coefficient (Wildman–Crippen LogP) is -1.19. The van der Waals surface area contributed by atoms with Gasteiger partial charge in [0.2, 0.25) is 11.8 Å². The van der Waals surface area contributed by atoms with Gasteiger partial charge in [-0.2, -0.15) is 0 Å². The second kappa shape index (κ2) is 48.7. The van der Waals surface area contributed by atoms with E-state index in [1.54, 1.807) is 6.08 Å². The monoisotopic (exact) mass is 1500 g/mol. The van der Waals surface area contributed by atoms with E-state index >= 15 is 0 Å². The summed E-state index contributed by atoms with van der Waals surface area (Å²) in [4.78, 5) is 39.2. The van der Waals surface area contributed by atoms with Crippen molar-refractivity contribution < 1.29 is 154 Å². The Hall–Kier alpha value is -2.93. The molecule has 5 aliphatic rings. The fraction of sp³-hybridized carbons (Fsp3) is 0.930. The summed E-state index contributed by atoms with van der Waals surface area (Å²) in [5, 5.41) is 203. The highest BCUT2D eigenvalue weighted by Gasteiger charge is 2.61. The van der Waals surface area contributed by atoms with Crippen LogP contribution in [0.3, 0.4) is 0 Å². The predicted molar refractivity (Wildman–Crippen MR) is 367 cm³/mol. The fourth-order valence-electron chi connectivity index (χ4n) is 13.9. The van der Waals surface area contributed by atoms with Crippen molar-refractivity contribution in [2.45, 2.75) is 378 Å². The zero-order valence-electron chi connectivity index (χ0n) is 60.8. The number of carbonyl (C=O) groups excluding carboxylic acids is 2. The number of allylic oxidation sites excluding steroid dienone is 1. The first kappa shape index (κ1) is 91.7. The van der Waals surface area contributed by atoms with Crippen LogP contribution < -0.4 is 10.6 Å². The van der Waals surface area contributed by atoms with Crippen LogP contribution in [0.2, 0.25) is 0 Å². The van der Waals surface area contributed by atoms with Crippen LogP contribution in [0.4, 0.5) is 0 Å². The molecule has 0 aromatic rings. The SMILES string of the molecule is CCCCCCCCCCCCC/C=C/[C@@H](O)[C@H](CO[C@@H]1OC(CO)[C@@H](O[C@@H]2OC(CO)[C@H](O)[C@H](O[C@@H]3OC(CO)[C@@H](O[C@@H]4OC(CO)[C@H](O)[C@H](O[C@]5(C(=O)O)CC(O)[C@@H](O)C([C@H](O)[C@H](O)CO)O5)C4O)[C@H](O)C3NC(C)=O)C2O)[C@H](O)C1O)NC(=O)CCCCCCCCCCCCCCCCC. The van der Waals surface area contributed by atoms with E-state index in [1.807, 2.05) is 6.08 Å². The molecule has 104 heavy (non-hydrogen) atoms. The van der Waals surface area contributed by atoms with Crippen molar-refractivity contribution in [3.8, 4) is 0 Å². The first-order valence-electron chi connectivity index (χ1n) is 38.1. The van der Waals surface area contributed by atoms with E-state index in [2.05, 4.69) is 24.5 Å².